The molecule has 0 N–H and O–H groups in total. The van der Waals surface area contributed by atoms with E-state index in [-0.39, 0.29) is 43.3 Å². The summed E-state index contributed by atoms with van der Waals surface area (Å²) < 4.78 is 41.7. The van der Waals surface area contributed by atoms with E-state index < -0.39 is 22.8 Å². The van der Waals surface area contributed by atoms with Gasteiger partial charge in [-0.25, -0.2) is 0 Å². The van der Waals surface area contributed by atoms with Crippen LogP contribution in [0.2, 0.25) is 0 Å². The first kappa shape index (κ1) is 23.2. The lowest BCUT2D eigenvalue weighted by atomic mass is 9.66. The highest BCUT2D eigenvalue weighted by atomic mass is 19.4. The molecule has 0 aromatic carbocycles. The van der Waals surface area contributed by atoms with Crippen molar-refractivity contribution in [1.29, 1.82) is 0 Å². The van der Waals surface area contributed by atoms with Crippen LogP contribution in [0.15, 0.2) is 0 Å². The summed E-state index contributed by atoms with van der Waals surface area (Å²) in [7, 11) is 0. The Morgan fingerprint density at radius 1 is 0.857 bits per heavy atom. The second-order valence-corrected chi connectivity index (χ2v) is 10.4. The monoisotopic (exact) mass is 404 g/mol. The summed E-state index contributed by atoms with van der Waals surface area (Å²) in [5.41, 5.74) is -3.35. The summed E-state index contributed by atoms with van der Waals surface area (Å²) in [5.74, 6) is -0.944. The quantitative estimate of drug-likeness (QED) is 0.690. The van der Waals surface area contributed by atoms with Gasteiger partial charge in [-0.3, -0.25) is 14.5 Å². The number of piperidine rings is 2. The highest BCUT2D eigenvalue weighted by molar-refractivity contribution is 5.90. The van der Waals surface area contributed by atoms with Gasteiger partial charge in [0, 0.05) is 30.0 Å². The SMILES string of the molecule is CC(C)(C)C(=O)C1(C(F)(F)F)CCN(C(=O)C2CCN(C(C)(C)C)CC2)CC1. The van der Waals surface area contributed by atoms with Crippen molar-refractivity contribution in [2.24, 2.45) is 16.7 Å². The largest absolute Gasteiger partial charge is 0.401 e. The molecule has 2 rings (SSSR count). The minimum atomic E-state index is -4.59. The molecule has 0 unspecified atom stereocenters. The molecule has 0 aromatic heterocycles. The van der Waals surface area contributed by atoms with Crippen LogP contribution in [0.3, 0.4) is 0 Å². The molecule has 2 saturated heterocycles. The normalized spacial score (nSPS) is 23.0. The first-order chi connectivity index (χ1) is 12.6. The smallest absolute Gasteiger partial charge is 0.342 e. The molecule has 0 bridgehead atoms. The average Bonchev–Trinajstić information content (AvgIpc) is 2.58. The molecule has 0 aliphatic carbocycles. The maximum absolute atomic E-state index is 13.9. The molecule has 2 fully saturated rings. The molecule has 0 radical (unpaired) electrons. The Morgan fingerprint density at radius 2 is 1.32 bits per heavy atom. The zero-order valence-corrected chi connectivity index (χ0v) is 18.1. The Balaban J connectivity index is 2.04. The molecule has 2 aliphatic rings. The third kappa shape index (κ3) is 4.55. The Hall–Kier alpha value is -1.11. The molecule has 0 aromatic rings. The number of rotatable bonds is 2. The molecule has 1 amide bonds. The van der Waals surface area contributed by atoms with Crippen molar-refractivity contribution < 1.29 is 22.8 Å². The predicted octanol–water partition coefficient (Wildman–Crippen LogP) is 4.28. The van der Waals surface area contributed by atoms with E-state index in [0.29, 0.717) is 0 Å². The molecule has 0 saturated carbocycles. The van der Waals surface area contributed by atoms with Gasteiger partial charge in [-0.15, -0.1) is 0 Å². The number of amides is 1. The van der Waals surface area contributed by atoms with E-state index in [9.17, 15) is 22.8 Å². The maximum atomic E-state index is 13.9. The molecule has 7 heteroatoms. The van der Waals surface area contributed by atoms with E-state index in [0.717, 1.165) is 25.9 Å². The van der Waals surface area contributed by atoms with Crippen molar-refractivity contribution >= 4 is 11.7 Å². The lowest BCUT2D eigenvalue weighted by Crippen LogP contribution is -2.57. The van der Waals surface area contributed by atoms with E-state index in [2.05, 4.69) is 25.7 Å². The van der Waals surface area contributed by atoms with Crippen LogP contribution < -0.4 is 0 Å². The van der Waals surface area contributed by atoms with Crippen LogP contribution in [0, 0.1) is 16.7 Å². The van der Waals surface area contributed by atoms with Gasteiger partial charge in [0.15, 0.2) is 5.78 Å². The van der Waals surface area contributed by atoms with Gasteiger partial charge in [-0.2, -0.15) is 13.2 Å². The molecule has 2 heterocycles. The average molecular weight is 405 g/mol. The molecule has 162 valence electrons. The van der Waals surface area contributed by atoms with Gasteiger partial charge in [0.2, 0.25) is 5.91 Å². The van der Waals surface area contributed by atoms with Gasteiger partial charge < -0.3 is 4.90 Å². The number of halogens is 3. The minimum Gasteiger partial charge on any atom is -0.342 e. The molecule has 4 nitrogen and oxygen atoms in total. The van der Waals surface area contributed by atoms with E-state index in [1.165, 1.54) is 20.8 Å². The van der Waals surface area contributed by atoms with Crippen molar-refractivity contribution in [2.45, 2.75) is 78.9 Å². The zero-order valence-electron chi connectivity index (χ0n) is 18.1. The van der Waals surface area contributed by atoms with Crippen molar-refractivity contribution in [1.82, 2.24) is 9.80 Å². The van der Waals surface area contributed by atoms with E-state index >= 15 is 0 Å². The fraction of sp³-hybridized carbons (Fsp3) is 0.905. The predicted molar refractivity (Wildman–Crippen MR) is 103 cm³/mol. The van der Waals surface area contributed by atoms with Crippen molar-refractivity contribution in [3.63, 3.8) is 0 Å². The number of ketones is 1. The highest BCUT2D eigenvalue weighted by Gasteiger charge is 2.62. The van der Waals surface area contributed by atoms with Crippen LogP contribution in [-0.2, 0) is 9.59 Å². The standard InChI is InChI=1S/C21H35F3N2O2/c1-18(2,3)17(28)20(21(22,23)24)9-13-25(14-10-20)16(27)15-7-11-26(12-8-15)19(4,5)6/h15H,7-14H2,1-6H3. The van der Waals surface area contributed by atoms with Crippen LogP contribution in [0.25, 0.3) is 0 Å². The number of carbonyl (C=O) groups is 2. The molecule has 2 aliphatic heterocycles. The van der Waals surface area contributed by atoms with Crippen LogP contribution in [0.5, 0.6) is 0 Å². The number of likely N-dealkylation sites (tertiary alicyclic amines) is 2. The minimum absolute atomic E-state index is 0.000349. The molecular weight excluding hydrogens is 369 g/mol. The van der Waals surface area contributed by atoms with Gasteiger partial charge in [0.25, 0.3) is 0 Å². The first-order valence-electron chi connectivity index (χ1n) is 10.2. The van der Waals surface area contributed by atoms with Crippen molar-refractivity contribution in [3.8, 4) is 0 Å². The molecule has 0 spiro atoms. The van der Waals surface area contributed by atoms with E-state index in [1.54, 1.807) is 4.90 Å². The molecule has 28 heavy (non-hydrogen) atoms. The summed E-state index contributed by atoms with van der Waals surface area (Å²) in [6.07, 6.45) is -3.79. The van der Waals surface area contributed by atoms with Crippen LogP contribution in [-0.4, -0.2) is 59.4 Å². The first-order valence-corrected chi connectivity index (χ1v) is 10.2. The fourth-order valence-electron chi connectivity index (χ4n) is 4.52. The van der Waals surface area contributed by atoms with Gasteiger partial charge >= 0.3 is 6.18 Å². The lowest BCUT2D eigenvalue weighted by molar-refractivity contribution is -0.236. The number of hydrogen-bond donors (Lipinski definition) is 0. The second-order valence-electron chi connectivity index (χ2n) is 10.4. The lowest BCUT2D eigenvalue weighted by Gasteiger charge is -2.46. The summed E-state index contributed by atoms with van der Waals surface area (Å²) in [6.45, 7) is 12.7. The number of hydrogen-bond acceptors (Lipinski definition) is 3. The van der Waals surface area contributed by atoms with Gasteiger partial charge in [0.1, 0.15) is 5.41 Å². The maximum Gasteiger partial charge on any atom is 0.401 e. The van der Waals surface area contributed by atoms with Gasteiger partial charge in [-0.05, 0) is 59.5 Å². The Bertz CT molecular complexity index is 586. The second kappa shape index (κ2) is 7.62. The van der Waals surface area contributed by atoms with Crippen LogP contribution in [0.4, 0.5) is 13.2 Å². The van der Waals surface area contributed by atoms with E-state index in [4.69, 9.17) is 0 Å². The van der Waals surface area contributed by atoms with E-state index in [1.807, 2.05) is 0 Å². The summed E-state index contributed by atoms with van der Waals surface area (Å²) in [4.78, 5) is 29.4. The summed E-state index contributed by atoms with van der Waals surface area (Å²) in [6, 6.07) is 0. The van der Waals surface area contributed by atoms with Gasteiger partial charge in [-0.1, -0.05) is 20.8 Å². The molecule has 0 atom stereocenters. The van der Waals surface area contributed by atoms with Crippen molar-refractivity contribution in [2.75, 3.05) is 26.2 Å². The Kier molecular flexibility index (Phi) is 6.30. The Labute approximate surface area is 166 Å². The number of carbonyl (C=O) groups excluding carboxylic acids is 2. The fourth-order valence-corrected chi connectivity index (χ4v) is 4.52. The third-order valence-electron chi connectivity index (χ3n) is 6.38. The van der Waals surface area contributed by atoms with Crippen LogP contribution >= 0.6 is 0 Å². The van der Waals surface area contributed by atoms with Crippen LogP contribution in [0.1, 0.15) is 67.2 Å². The third-order valence-corrected chi connectivity index (χ3v) is 6.38. The Morgan fingerprint density at radius 3 is 1.68 bits per heavy atom. The molecular formula is C21H35F3N2O2. The number of alkyl halides is 3. The number of Topliss-reactive ketones (excluding diaryl/α,β-unsaturated/α-hetero) is 1. The highest BCUT2D eigenvalue weighted by Crippen LogP contribution is 2.50. The zero-order chi connectivity index (χ0) is 21.5. The topological polar surface area (TPSA) is 40.6 Å². The summed E-state index contributed by atoms with van der Waals surface area (Å²) in [5, 5.41) is 0. The number of nitrogens with zero attached hydrogens (tertiary/aromatic N) is 2. The van der Waals surface area contributed by atoms with Crippen molar-refractivity contribution in [3.05, 3.63) is 0 Å². The summed E-state index contributed by atoms with van der Waals surface area (Å²) >= 11 is 0. The van der Waals surface area contributed by atoms with Gasteiger partial charge in [0.05, 0.1) is 0 Å².